The van der Waals surface area contributed by atoms with E-state index in [1.165, 1.54) is 4.90 Å². The Morgan fingerprint density at radius 2 is 1.96 bits per heavy atom. The molecule has 1 heterocycles. The molecule has 1 atom stereocenters. The highest BCUT2D eigenvalue weighted by Gasteiger charge is 2.37. The molecule has 2 aromatic carbocycles. The zero-order chi connectivity index (χ0) is 20.3. The predicted molar refractivity (Wildman–Crippen MR) is 110 cm³/mol. The average Bonchev–Trinajstić information content (AvgIpc) is 3.05. The molecule has 1 aliphatic heterocycles. The first kappa shape index (κ1) is 20.4. The quantitative estimate of drug-likeness (QED) is 0.679. The summed E-state index contributed by atoms with van der Waals surface area (Å²) in [6.07, 6.45) is 0.0408. The normalized spacial score (nSPS) is 16.2. The Balaban J connectivity index is 1.55. The van der Waals surface area contributed by atoms with Crippen LogP contribution in [-0.4, -0.2) is 30.9 Å². The summed E-state index contributed by atoms with van der Waals surface area (Å²) >= 11 is 9.44. The number of ether oxygens (including phenoxy) is 1. The van der Waals surface area contributed by atoms with Crippen LogP contribution in [0.4, 0.5) is 11.4 Å². The van der Waals surface area contributed by atoms with Crippen molar-refractivity contribution in [3.05, 3.63) is 57.5 Å². The van der Waals surface area contributed by atoms with Gasteiger partial charge < -0.3 is 15.0 Å². The summed E-state index contributed by atoms with van der Waals surface area (Å²) in [5, 5.41) is 3.20. The van der Waals surface area contributed by atoms with Gasteiger partial charge >= 0.3 is 5.97 Å². The largest absolute Gasteiger partial charge is 0.455 e. The lowest BCUT2D eigenvalue weighted by atomic mass is 10.1. The Morgan fingerprint density at radius 3 is 2.68 bits per heavy atom. The van der Waals surface area contributed by atoms with Crippen molar-refractivity contribution in [1.82, 2.24) is 0 Å². The highest BCUT2D eigenvalue weighted by molar-refractivity contribution is 9.10. The molecule has 0 radical (unpaired) electrons. The van der Waals surface area contributed by atoms with E-state index in [0.29, 0.717) is 16.4 Å². The van der Waals surface area contributed by atoms with E-state index < -0.39 is 24.4 Å². The van der Waals surface area contributed by atoms with Crippen molar-refractivity contribution in [1.29, 1.82) is 0 Å². The maximum absolute atomic E-state index is 12.4. The van der Waals surface area contributed by atoms with Crippen LogP contribution in [0.1, 0.15) is 12.0 Å². The molecule has 1 saturated heterocycles. The number of amides is 2. The third-order valence-corrected chi connectivity index (χ3v) is 5.40. The second kappa shape index (κ2) is 8.75. The van der Waals surface area contributed by atoms with E-state index in [9.17, 15) is 14.4 Å². The van der Waals surface area contributed by atoms with E-state index >= 15 is 0 Å². The molecule has 0 saturated carbocycles. The lowest BCUT2D eigenvalue weighted by molar-refractivity contribution is -0.151. The third kappa shape index (κ3) is 4.72. The van der Waals surface area contributed by atoms with Crippen molar-refractivity contribution in [2.45, 2.75) is 13.3 Å². The van der Waals surface area contributed by atoms with E-state index in [4.69, 9.17) is 16.3 Å². The fourth-order valence-electron chi connectivity index (χ4n) is 2.97. The van der Waals surface area contributed by atoms with E-state index in [0.717, 1.165) is 10.0 Å². The average molecular weight is 466 g/mol. The molecule has 0 aromatic heterocycles. The fourth-order valence-corrected chi connectivity index (χ4v) is 3.41. The van der Waals surface area contributed by atoms with E-state index in [2.05, 4.69) is 21.2 Å². The topological polar surface area (TPSA) is 75.7 Å². The number of nitrogens with one attached hydrogen (secondary N) is 1. The van der Waals surface area contributed by atoms with Crippen molar-refractivity contribution in [2.75, 3.05) is 23.4 Å². The van der Waals surface area contributed by atoms with E-state index in [1.807, 2.05) is 6.92 Å². The third-order valence-electron chi connectivity index (χ3n) is 4.46. The molecular weight excluding hydrogens is 448 g/mol. The van der Waals surface area contributed by atoms with Crippen molar-refractivity contribution in [3.8, 4) is 0 Å². The molecule has 0 aliphatic carbocycles. The standard InChI is InChI=1S/C20H18BrClN2O4/c1-12-16(22)3-2-4-17(12)24-10-13(9-19(24)26)20(27)28-11-18(25)23-15-7-5-14(21)6-8-15/h2-8,13H,9-11H2,1H3,(H,23,25)/t13-/m0/s1. The van der Waals surface area contributed by atoms with Crippen LogP contribution in [0, 0.1) is 12.8 Å². The van der Waals surface area contributed by atoms with Crippen molar-refractivity contribution in [2.24, 2.45) is 5.92 Å². The summed E-state index contributed by atoms with van der Waals surface area (Å²) in [4.78, 5) is 38.2. The van der Waals surface area contributed by atoms with Gasteiger partial charge in [-0.2, -0.15) is 0 Å². The summed E-state index contributed by atoms with van der Waals surface area (Å²) in [7, 11) is 0. The van der Waals surface area contributed by atoms with E-state index in [1.54, 1.807) is 42.5 Å². The Labute approximate surface area is 175 Å². The van der Waals surface area contributed by atoms with Gasteiger partial charge in [-0.3, -0.25) is 14.4 Å². The van der Waals surface area contributed by atoms with Crippen LogP contribution in [0.2, 0.25) is 5.02 Å². The predicted octanol–water partition coefficient (Wildman–Crippen LogP) is 3.95. The Bertz CT molecular complexity index is 917. The number of hydrogen-bond donors (Lipinski definition) is 1. The number of carbonyl (C=O) groups excluding carboxylic acids is 3. The maximum Gasteiger partial charge on any atom is 0.311 e. The lowest BCUT2D eigenvalue weighted by Crippen LogP contribution is -2.28. The van der Waals surface area contributed by atoms with Gasteiger partial charge in [-0.1, -0.05) is 33.6 Å². The number of anilines is 2. The van der Waals surface area contributed by atoms with Crippen molar-refractivity contribution >= 4 is 56.7 Å². The van der Waals surface area contributed by atoms with Crippen LogP contribution in [0.5, 0.6) is 0 Å². The van der Waals surface area contributed by atoms with Crippen LogP contribution in [0.15, 0.2) is 46.9 Å². The second-order valence-electron chi connectivity index (χ2n) is 6.45. The number of benzene rings is 2. The van der Waals surface area contributed by atoms with Crippen LogP contribution >= 0.6 is 27.5 Å². The minimum Gasteiger partial charge on any atom is -0.455 e. The van der Waals surface area contributed by atoms with Gasteiger partial charge in [0.05, 0.1) is 5.92 Å². The highest BCUT2D eigenvalue weighted by Crippen LogP contribution is 2.31. The minimum absolute atomic E-state index is 0.0408. The molecule has 3 rings (SSSR count). The Hall–Kier alpha value is -2.38. The van der Waals surface area contributed by atoms with E-state index in [-0.39, 0.29) is 18.9 Å². The molecule has 0 unspecified atom stereocenters. The fraction of sp³-hybridized carbons (Fsp3) is 0.250. The smallest absolute Gasteiger partial charge is 0.311 e. The van der Waals surface area contributed by atoms with Gasteiger partial charge in [-0.15, -0.1) is 0 Å². The molecule has 6 nitrogen and oxygen atoms in total. The molecule has 0 spiro atoms. The summed E-state index contributed by atoms with van der Waals surface area (Å²) in [5.41, 5.74) is 2.06. The summed E-state index contributed by atoms with van der Waals surface area (Å²) in [6, 6.07) is 12.3. The molecule has 8 heteroatoms. The number of carbonyl (C=O) groups is 3. The number of hydrogen-bond acceptors (Lipinski definition) is 4. The molecular formula is C20H18BrClN2O4. The maximum atomic E-state index is 12.4. The second-order valence-corrected chi connectivity index (χ2v) is 7.78. The summed E-state index contributed by atoms with van der Waals surface area (Å²) in [6.45, 7) is 1.62. The molecule has 1 aliphatic rings. The lowest BCUT2D eigenvalue weighted by Gasteiger charge is -2.19. The first-order valence-electron chi connectivity index (χ1n) is 8.62. The van der Waals surface area contributed by atoms with Crippen LogP contribution in [-0.2, 0) is 19.1 Å². The molecule has 1 fully saturated rings. The van der Waals surface area contributed by atoms with Gasteiger partial charge in [0.1, 0.15) is 0 Å². The highest BCUT2D eigenvalue weighted by atomic mass is 79.9. The molecule has 2 amide bonds. The summed E-state index contributed by atoms with van der Waals surface area (Å²) < 4.78 is 6.00. The molecule has 146 valence electrons. The van der Waals surface area contributed by atoms with Crippen LogP contribution in [0.25, 0.3) is 0 Å². The van der Waals surface area contributed by atoms with Gasteiger partial charge in [0.25, 0.3) is 5.91 Å². The molecule has 0 bridgehead atoms. The van der Waals surface area contributed by atoms with Gasteiger partial charge in [-0.25, -0.2) is 0 Å². The minimum atomic E-state index is -0.619. The summed E-state index contributed by atoms with van der Waals surface area (Å²) in [5.74, 6) is -1.80. The van der Waals surface area contributed by atoms with Crippen molar-refractivity contribution in [3.63, 3.8) is 0 Å². The van der Waals surface area contributed by atoms with Gasteiger partial charge in [-0.05, 0) is 48.9 Å². The SMILES string of the molecule is Cc1c(Cl)cccc1N1C[C@@H](C(=O)OCC(=O)Nc2ccc(Br)cc2)CC1=O. The first-order valence-corrected chi connectivity index (χ1v) is 9.80. The van der Waals surface area contributed by atoms with Crippen LogP contribution in [0.3, 0.4) is 0 Å². The van der Waals surface area contributed by atoms with Gasteiger partial charge in [0, 0.05) is 33.8 Å². The zero-order valence-electron chi connectivity index (χ0n) is 15.1. The van der Waals surface area contributed by atoms with Crippen LogP contribution < -0.4 is 10.2 Å². The Morgan fingerprint density at radius 1 is 1.25 bits per heavy atom. The monoisotopic (exact) mass is 464 g/mol. The van der Waals surface area contributed by atoms with Gasteiger partial charge in [0.2, 0.25) is 5.91 Å². The number of esters is 1. The van der Waals surface area contributed by atoms with Gasteiger partial charge in [0.15, 0.2) is 6.61 Å². The Kier molecular flexibility index (Phi) is 6.36. The number of rotatable bonds is 5. The number of halogens is 2. The first-order chi connectivity index (χ1) is 13.3. The molecule has 2 aromatic rings. The molecule has 28 heavy (non-hydrogen) atoms. The zero-order valence-corrected chi connectivity index (χ0v) is 17.4. The van der Waals surface area contributed by atoms with Crippen molar-refractivity contribution < 1.29 is 19.1 Å². The molecule has 1 N–H and O–H groups in total. The number of nitrogens with zero attached hydrogens (tertiary/aromatic N) is 1.